The molecule has 0 spiro atoms. The molecule has 21 heavy (non-hydrogen) atoms. The van der Waals surface area contributed by atoms with Gasteiger partial charge in [0.15, 0.2) is 0 Å². The van der Waals surface area contributed by atoms with Crippen LogP contribution in [0.25, 0.3) is 0 Å². The molecule has 1 saturated heterocycles. The molecule has 1 atom stereocenters. The quantitative estimate of drug-likeness (QED) is 0.872. The maximum absolute atomic E-state index is 12.9. The summed E-state index contributed by atoms with van der Waals surface area (Å²) in [7, 11) is 0. The first kappa shape index (κ1) is 15.3. The van der Waals surface area contributed by atoms with Crippen LogP contribution in [0, 0.1) is 0 Å². The molecule has 114 valence electrons. The molecule has 5 heteroatoms. The van der Waals surface area contributed by atoms with Crippen molar-refractivity contribution in [3.8, 4) is 0 Å². The highest BCUT2D eigenvalue weighted by Gasteiger charge is 2.35. The number of carbonyl (C=O) groups excluding carboxylic acids is 1. The smallest absolute Gasteiger partial charge is 0.255 e. The van der Waals surface area contributed by atoms with Crippen LogP contribution in [-0.4, -0.2) is 36.0 Å². The normalized spacial score (nSPS) is 22.1. The van der Waals surface area contributed by atoms with E-state index >= 15 is 0 Å². The Morgan fingerprint density at radius 1 is 1.33 bits per heavy atom. The first-order chi connectivity index (χ1) is 10.1. The minimum Gasteiger partial charge on any atom is -0.334 e. The molecular weight excluding hydrogens is 352 g/mol. The van der Waals surface area contributed by atoms with E-state index in [0.29, 0.717) is 22.7 Å². The van der Waals surface area contributed by atoms with E-state index in [2.05, 4.69) is 26.1 Å². The molecule has 0 bridgehead atoms. The van der Waals surface area contributed by atoms with Crippen molar-refractivity contribution in [2.75, 3.05) is 13.1 Å². The molecule has 1 heterocycles. The fourth-order valence-electron chi connectivity index (χ4n) is 2.92. The largest absolute Gasteiger partial charge is 0.334 e. The van der Waals surface area contributed by atoms with Gasteiger partial charge in [-0.2, -0.15) is 0 Å². The molecular formula is C16H20BrClN2O. The zero-order chi connectivity index (χ0) is 14.8. The van der Waals surface area contributed by atoms with Gasteiger partial charge in [-0.05, 0) is 66.4 Å². The van der Waals surface area contributed by atoms with E-state index in [0.717, 1.165) is 36.8 Å². The third-order valence-corrected chi connectivity index (χ3v) is 5.13. The number of piperidine rings is 1. The van der Waals surface area contributed by atoms with E-state index in [4.69, 9.17) is 11.6 Å². The van der Waals surface area contributed by atoms with Crippen molar-refractivity contribution in [1.82, 2.24) is 10.2 Å². The Balaban J connectivity index is 1.75. The summed E-state index contributed by atoms with van der Waals surface area (Å²) in [6.07, 6.45) is 5.93. The lowest BCUT2D eigenvalue weighted by molar-refractivity contribution is 0.0717. The van der Waals surface area contributed by atoms with Crippen LogP contribution in [-0.2, 0) is 0 Å². The number of amides is 1. The fourth-order valence-corrected chi connectivity index (χ4v) is 3.77. The molecule has 1 N–H and O–H groups in total. The molecule has 2 fully saturated rings. The van der Waals surface area contributed by atoms with Crippen LogP contribution in [0.4, 0.5) is 0 Å². The Labute approximate surface area is 139 Å². The van der Waals surface area contributed by atoms with Crippen molar-refractivity contribution in [3.05, 3.63) is 33.3 Å². The van der Waals surface area contributed by atoms with Gasteiger partial charge in [-0.25, -0.2) is 0 Å². The average molecular weight is 372 g/mol. The van der Waals surface area contributed by atoms with Crippen molar-refractivity contribution >= 4 is 33.4 Å². The Kier molecular flexibility index (Phi) is 4.87. The van der Waals surface area contributed by atoms with Gasteiger partial charge in [0.25, 0.3) is 5.91 Å². The molecule has 1 aromatic rings. The van der Waals surface area contributed by atoms with Crippen molar-refractivity contribution in [1.29, 1.82) is 0 Å². The van der Waals surface area contributed by atoms with Crippen LogP contribution in [0.2, 0.25) is 5.02 Å². The van der Waals surface area contributed by atoms with E-state index in [1.54, 1.807) is 12.1 Å². The summed E-state index contributed by atoms with van der Waals surface area (Å²) in [5.41, 5.74) is 0.710. The van der Waals surface area contributed by atoms with Crippen LogP contribution in [0.15, 0.2) is 22.7 Å². The van der Waals surface area contributed by atoms with Gasteiger partial charge in [0.1, 0.15) is 0 Å². The second-order valence-corrected chi connectivity index (χ2v) is 7.25. The van der Waals surface area contributed by atoms with E-state index in [1.165, 1.54) is 12.8 Å². The molecule has 1 amide bonds. The lowest BCUT2D eigenvalue weighted by Crippen LogP contribution is -2.46. The number of hydrogen-bond acceptors (Lipinski definition) is 2. The third kappa shape index (κ3) is 3.79. The number of nitrogens with one attached hydrogen (secondary N) is 1. The number of hydrogen-bond donors (Lipinski definition) is 1. The van der Waals surface area contributed by atoms with Crippen LogP contribution in [0.1, 0.15) is 42.5 Å². The topological polar surface area (TPSA) is 32.3 Å². The fraction of sp³-hybridized carbons (Fsp3) is 0.562. The SMILES string of the molecule is O=C(c1ccc(Cl)cc1Br)N(CC1CCCCN1)C1CC1. The molecule has 1 saturated carbocycles. The van der Waals surface area contributed by atoms with Crippen LogP contribution in [0.3, 0.4) is 0 Å². The number of carbonyl (C=O) groups is 1. The lowest BCUT2D eigenvalue weighted by atomic mass is 10.0. The predicted molar refractivity (Wildman–Crippen MR) is 88.9 cm³/mol. The Morgan fingerprint density at radius 2 is 2.14 bits per heavy atom. The number of rotatable bonds is 4. The van der Waals surface area contributed by atoms with Gasteiger partial charge < -0.3 is 10.2 Å². The van der Waals surface area contributed by atoms with Crippen molar-refractivity contribution in [3.63, 3.8) is 0 Å². The van der Waals surface area contributed by atoms with Gasteiger partial charge in [-0.3, -0.25) is 4.79 Å². The van der Waals surface area contributed by atoms with E-state index in [-0.39, 0.29) is 5.91 Å². The number of halogens is 2. The molecule has 3 nitrogen and oxygen atoms in total. The van der Waals surface area contributed by atoms with Gasteiger partial charge in [-0.15, -0.1) is 0 Å². The summed E-state index contributed by atoms with van der Waals surface area (Å²) in [4.78, 5) is 14.9. The predicted octanol–water partition coefficient (Wildman–Crippen LogP) is 3.85. The van der Waals surface area contributed by atoms with Crippen LogP contribution in [0.5, 0.6) is 0 Å². The summed E-state index contributed by atoms with van der Waals surface area (Å²) < 4.78 is 0.780. The molecule has 1 unspecified atom stereocenters. The van der Waals surface area contributed by atoms with E-state index < -0.39 is 0 Å². The minimum absolute atomic E-state index is 0.119. The highest BCUT2D eigenvalue weighted by atomic mass is 79.9. The zero-order valence-corrected chi connectivity index (χ0v) is 14.3. The summed E-state index contributed by atoms with van der Waals surface area (Å²) in [5.74, 6) is 0.119. The second kappa shape index (κ2) is 6.67. The van der Waals surface area contributed by atoms with Crippen molar-refractivity contribution < 1.29 is 4.79 Å². The molecule has 1 aromatic carbocycles. The summed E-state index contributed by atoms with van der Waals surface area (Å²) in [6.45, 7) is 1.89. The van der Waals surface area contributed by atoms with Crippen molar-refractivity contribution in [2.24, 2.45) is 0 Å². The number of nitrogens with zero attached hydrogens (tertiary/aromatic N) is 1. The molecule has 1 aliphatic carbocycles. The van der Waals surface area contributed by atoms with Gasteiger partial charge in [0.2, 0.25) is 0 Å². The number of benzene rings is 1. The maximum atomic E-state index is 12.9. The summed E-state index contributed by atoms with van der Waals surface area (Å²) in [5, 5.41) is 4.18. The molecule has 0 radical (unpaired) electrons. The first-order valence-electron chi connectivity index (χ1n) is 7.64. The highest BCUT2D eigenvalue weighted by Crippen LogP contribution is 2.31. The summed E-state index contributed by atoms with van der Waals surface area (Å²) in [6, 6.07) is 6.25. The van der Waals surface area contributed by atoms with Gasteiger partial charge in [0, 0.05) is 28.1 Å². The molecule has 0 aromatic heterocycles. The summed E-state index contributed by atoms with van der Waals surface area (Å²) >= 11 is 9.43. The monoisotopic (exact) mass is 370 g/mol. The van der Waals surface area contributed by atoms with E-state index in [1.807, 2.05) is 6.07 Å². The van der Waals surface area contributed by atoms with Gasteiger partial charge >= 0.3 is 0 Å². The third-order valence-electron chi connectivity index (χ3n) is 4.24. The lowest BCUT2D eigenvalue weighted by Gasteiger charge is -2.31. The van der Waals surface area contributed by atoms with Gasteiger partial charge in [0.05, 0.1) is 5.56 Å². The molecule has 2 aliphatic rings. The standard InChI is InChI=1S/C16H20BrClN2O/c17-15-9-11(18)4-7-14(15)16(21)20(13-5-6-13)10-12-3-1-2-8-19-12/h4,7,9,12-13,19H,1-3,5-6,8,10H2. The Morgan fingerprint density at radius 3 is 2.76 bits per heavy atom. The molecule has 1 aliphatic heterocycles. The minimum atomic E-state index is 0.119. The van der Waals surface area contributed by atoms with Gasteiger partial charge in [-0.1, -0.05) is 18.0 Å². The van der Waals surface area contributed by atoms with E-state index in [9.17, 15) is 4.79 Å². The highest BCUT2D eigenvalue weighted by molar-refractivity contribution is 9.10. The van der Waals surface area contributed by atoms with Crippen LogP contribution >= 0.6 is 27.5 Å². The van der Waals surface area contributed by atoms with Crippen molar-refractivity contribution in [2.45, 2.75) is 44.2 Å². The van der Waals surface area contributed by atoms with Crippen LogP contribution < -0.4 is 5.32 Å². The molecule has 3 rings (SSSR count). The first-order valence-corrected chi connectivity index (χ1v) is 8.81. The Hall–Kier alpha value is -0.580. The maximum Gasteiger partial charge on any atom is 0.255 e. The second-order valence-electron chi connectivity index (χ2n) is 5.96. The Bertz CT molecular complexity index is 527. The average Bonchev–Trinajstić information content (AvgIpc) is 3.30. The zero-order valence-electron chi connectivity index (χ0n) is 11.9.